The number of nitrogens with zero attached hydrogens (tertiary/aromatic N) is 3. The van der Waals surface area contributed by atoms with Gasteiger partial charge < -0.3 is 14.8 Å². The number of aryl methyl sites for hydroxylation is 1. The Hall–Kier alpha value is -1.36. The van der Waals surface area contributed by atoms with Crippen molar-refractivity contribution < 1.29 is 4.79 Å². The molecule has 1 aromatic rings. The predicted molar refractivity (Wildman–Crippen MR) is 70.0 cm³/mol. The van der Waals surface area contributed by atoms with Crippen LogP contribution in [-0.2, 0) is 18.4 Å². The van der Waals surface area contributed by atoms with E-state index < -0.39 is 0 Å². The summed E-state index contributed by atoms with van der Waals surface area (Å²) in [4.78, 5) is 17.9. The number of carbonyl (C=O) groups excluding carboxylic acids is 1. The summed E-state index contributed by atoms with van der Waals surface area (Å²) < 4.78 is 1.99. The maximum Gasteiger partial charge on any atom is 0.223 e. The number of imidazole rings is 1. The number of hydrogen-bond acceptors (Lipinski definition) is 3. The van der Waals surface area contributed by atoms with Gasteiger partial charge in [0.15, 0.2) is 0 Å². The molecule has 0 aliphatic carbocycles. The molecule has 0 aromatic carbocycles. The van der Waals surface area contributed by atoms with E-state index in [0.717, 1.165) is 44.7 Å². The second-order valence-electron chi connectivity index (χ2n) is 4.86. The zero-order valence-corrected chi connectivity index (χ0v) is 11.1. The van der Waals surface area contributed by atoms with Crippen LogP contribution in [0.15, 0.2) is 12.5 Å². The van der Waals surface area contributed by atoms with Crippen LogP contribution < -0.4 is 5.32 Å². The van der Waals surface area contributed by atoms with Gasteiger partial charge in [-0.2, -0.15) is 0 Å². The van der Waals surface area contributed by atoms with E-state index in [1.54, 1.807) is 6.33 Å². The van der Waals surface area contributed by atoms with Crippen molar-refractivity contribution in [2.75, 3.05) is 19.6 Å². The monoisotopic (exact) mass is 250 g/mol. The molecule has 0 saturated carbocycles. The Kier molecular flexibility index (Phi) is 4.75. The molecule has 1 N–H and O–H groups in total. The molecule has 5 nitrogen and oxygen atoms in total. The molecular formula is C13H22N4O. The van der Waals surface area contributed by atoms with Crippen LogP contribution in [0, 0.1) is 0 Å². The molecule has 2 rings (SSSR count). The van der Waals surface area contributed by atoms with Crippen LogP contribution in [-0.4, -0.2) is 40.0 Å². The van der Waals surface area contributed by atoms with Crippen molar-refractivity contribution >= 4 is 5.91 Å². The van der Waals surface area contributed by atoms with Crippen molar-refractivity contribution in [2.45, 2.75) is 32.2 Å². The quantitative estimate of drug-likeness (QED) is 0.790. The smallest absolute Gasteiger partial charge is 0.223 e. The highest BCUT2D eigenvalue weighted by atomic mass is 16.2. The zero-order valence-electron chi connectivity index (χ0n) is 11.1. The third kappa shape index (κ3) is 3.57. The third-order valence-corrected chi connectivity index (χ3v) is 3.45. The van der Waals surface area contributed by atoms with Gasteiger partial charge >= 0.3 is 0 Å². The van der Waals surface area contributed by atoms with Crippen molar-refractivity contribution in [2.24, 2.45) is 7.05 Å². The van der Waals surface area contributed by atoms with Gasteiger partial charge in [-0.05, 0) is 19.3 Å². The summed E-state index contributed by atoms with van der Waals surface area (Å²) in [6.07, 6.45) is 7.82. The number of carbonyl (C=O) groups is 1. The van der Waals surface area contributed by atoms with E-state index >= 15 is 0 Å². The maximum absolute atomic E-state index is 11.9. The lowest BCUT2D eigenvalue weighted by Gasteiger charge is -2.26. The van der Waals surface area contributed by atoms with Crippen molar-refractivity contribution in [3.63, 3.8) is 0 Å². The van der Waals surface area contributed by atoms with Gasteiger partial charge in [0.1, 0.15) is 0 Å². The van der Waals surface area contributed by atoms with Crippen LogP contribution in [0.5, 0.6) is 0 Å². The third-order valence-electron chi connectivity index (χ3n) is 3.45. The molecule has 1 aliphatic heterocycles. The summed E-state index contributed by atoms with van der Waals surface area (Å²) in [7, 11) is 1.98. The predicted octanol–water partition coefficient (Wildman–Crippen LogP) is 0.912. The van der Waals surface area contributed by atoms with Crippen molar-refractivity contribution in [3.05, 3.63) is 18.2 Å². The average molecular weight is 250 g/mol. The van der Waals surface area contributed by atoms with Gasteiger partial charge in [-0.3, -0.25) is 4.79 Å². The first kappa shape index (κ1) is 13.1. The molecule has 1 fully saturated rings. The topological polar surface area (TPSA) is 50.2 Å². The SMILES string of the molecule is Cn1cncc1CNCCC(=O)N1CCCCC1. The Morgan fingerprint density at radius 3 is 2.83 bits per heavy atom. The lowest BCUT2D eigenvalue weighted by Crippen LogP contribution is -2.37. The second-order valence-corrected chi connectivity index (χ2v) is 4.86. The van der Waals surface area contributed by atoms with Crippen LogP contribution in [0.3, 0.4) is 0 Å². The van der Waals surface area contributed by atoms with E-state index in [2.05, 4.69) is 10.3 Å². The van der Waals surface area contributed by atoms with Crippen LogP contribution in [0.4, 0.5) is 0 Å². The van der Waals surface area contributed by atoms with E-state index in [1.807, 2.05) is 22.7 Å². The summed E-state index contributed by atoms with van der Waals surface area (Å²) in [6, 6.07) is 0. The van der Waals surface area contributed by atoms with E-state index in [9.17, 15) is 4.79 Å². The molecule has 1 aliphatic rings. The molecule has 1 amide bonds. The summed E-state index contributed by atoms with van der Waals surface area (Å²) in [5, 5.41) is 3.29. The molecule has 0 spiro atoms. The fraction of sp³-hybridized carbons (Fsp3) is 0.692. The number of likely N-dealkylation sites (tertiary alicyclic amines) is 1. The lowest BCUT2D eigenvalue weighted by atomic mass is 10.1. The zero-order chi connectivity index (χ0) is 12.8. The van der Waals surface area contributed by atoms with Gasteiger partial charge in [0.25, 0.3) is 0 Å². The molecule has 0 unspecified atom stereocenters. The molecule has 5 heteroatoms. The number of hydrogen-bond donors (Lipinski definition) is 1. The largest absolute Gasteiger partial charge is 0.343 e. The highest BCUT2D eigenvalue weighted by Gasteiger charge is 2.15. The molecule has 100 valence electrons. The van der Waals surface area contributed by atoms with Crippen LogP contribution in [0.1, 0.15) is 31.4 Å². The summed E-state index contributed by atoms with van der Waals surface area (Å²) in [5.74, 6) is 0.284. The number of rotatable bonds is 5. The Morgan fingerprint density at radius 2 is 2.17 bits per heavy atom. The Morgan fingerprint density at radius 1 is 1.39 bits per heavy atom. The van der Waals surface area contributed by atoms with E-state index in [4.69, 9.17) is 0 Å². The number of aromatic nitrogens is 2. The van der Waals surface area contributed by atoms with E-state index in [-0.39, 0.29) is 5.91 Å². The maximum atomic E-state index is 11.9. The first-order valence-electron chi connectivity index (χ1n) is 6.71. The van der Waals surface area contributed by atoms with Crippen molar-refractivity contribution in [1.29, 1.82) is 0 Å². The molecule has 2 heterocycles. The Balaban J connectivity index is 1.63. The molecule has 0 radical (unpaired) electrons. The lowest BCUT2D eigenvalue weighted by molar-refractivity contribution is -0.131. The molecule has 1 aromatic heterocycles. The van der Waals surface area contributed by atoms with Crippen LogP contribution in [0.2, 0.25) is 0 Å². The fourth-order valence-electron chi connectivity index (χ4n) is 2.27. The molecule has 18 heavy (non-hydrogen) atoms. The number of nitrogens with one attached hydrogen (secondary N) is 1. The molecular weight excluding hydrogens is 228 g/mol. The minimum Gasteiger partial charge on any atom is -0.343 e. The highest BCUT2D eigenvalue weighted by molar-refractivity contribution is 5.76. The molecule has 1 saturated heterocycles. The van der Waals surface area contributed by atoms with Crippen LogP contribution >= 0.6 is 0 Å². The summed E-state index contributed by atoms with van der Waals surface area (Å²) in [5.41, 5.74) is 1.14. The van der Waals surface area contributed by atoms with E-state index in [0.29, 0.717) is 6.42 Å². The normalized spacial score (nSPS) is 15.9. The van der Waals surface area contributed by atoms with Gasteiger partial charge in [-0.25, -0.2) is 4.98 Å². The fourth-order valence-corrected chi connectivity index (χ4v) is 2.27. The van der Waals surface area contributed by atoms with Crippen molar-refractivity contribution in [3.8, 4) is 0 Å². The molecule has 0 atom stereocenters. The van der Waals surface area contributed by atoms with Gasteiger partial charge in [0.2, 0.25) is 5.91 Å². The standard InChI is InChI=1S/C13H22N4O/c1-16-11-15-10-12(16)9-14-6-5-13(18)17-7-3-2-4-8-17/h10-11,14H,2-9H2,1H3. The van der Waals surface area contributed by atoms with Gasteiger partial charge in [0, 0.05) is 45.8 Å². The van der Waals surface area contributed by atoms with Crippen LogP contribution in [0.25, 0.3) is 0 Å². The van der Waals surface area contributed by atoms with Gasteiger partial charge in [0.05, 0.1) is 12.0 Å². The van der Waals surface area contributed by atoms with Gasteiger partial charge in [-0.1, -0.05) is 0 Å². The Bertz CT molecular complexity index is 382. The summed E-state index contributed by atoms with van der Waals surface area (Å²) in [6.45, 7) is 3.39. The number of piperidine rings is 1. The van der Waals surface area contributed by atoms with E-state index in [1.165, 1.54) is 6.42 Å². The summed E-state index contributed by atoms with van der Waals surface area (Å²) >= 11 is 0. The Labute approximate surface area is 108 Å². The first-order chi connectivity index (χ1) is 8.77. The highest BCUT2D eigenvalue weighted by Crippen LogP contribution is 2.09. The first-order valence-corrected chi connectivity index (χ1v) is 6.71. The minimum absolute atomic E-state index is 0.284. The van der Waals surface area contributed by atoms with Crippen molar-refractivity contribution in [1.82, 2.24) is 19.8 Å². The second kappa shape index (κ2) is 6.54. The number of amides is 1. The minimum atomic E-state index is 0.284. The van der Waals surface area contributed by atoms with Gasteiger partial charge in [-0.15, -0.1) is 0 Å². The average Bonchev–Trinajstić information content (AvgIpc) is 2.81. The molecule has 0 bridgehead atoms.